The molecule has 1 aromatic carbocycles. The van der Waals surface area contributed by atoms with Crippen LogP contribution in [0.25, 0.3) is 11.3 Å². The van der Waals surface area contributed by atoms with E-state index in [1.807, 2.05) is 6.07 Å². The molecule has 3 heterocycles. The van der Waals surface area contributed by atoms with Gasteiger partial charge in [0.1, 0.15) is 5.69 Å². The van der Waals surface area contributed by atoms with Gasteiger partial charge in [0.05, 0.1) is 18.9 Å². The second kappa shape index (κ2) is 6.75. The van der Waals surface area contributed by atoms with Crippen molar-refractivity contribution in [3.05, 3.63) is 45.7 Å². The molecule has 24 heavy (non-hydrogen) atoms. The molecule has 0 atom stereocenters. The highest BCUT2D eigenvalue weighted by atomic mass is 16.5. The molecule has 1 saturated heterocycles. The van der Waals surface area contributed by atoms with Gasteiger partial charge < -0.3 is 10.1 Å². The standard InChI is InChI=1S/C18H22N4O2/c23-18-15-6-3-7-19-16(15)17(20-21-18)14-5-2-1-4-13(14)12-22-8-10-24-11-9-22/h1-2,4-5,19H,3,6-12H2,(H,21,23). The number of fused-ring (bicyclic) bond motifs is 1. The molecule has 6 nitrogen and oxygen atoms in total. The number of nitrogens with zero attached hydrogens (tertiary/aromatic N) is 2. The first kappa shape index (κ1) is 15.4. The second-order valence-corrected chi connectivity index (χ2v) is 6.33. The molecule has 2 aliphatic heterocycles. The number of benzene rings is 1. The molecule has 0 bridgehead atoms. The minimum atomic E-state index is -0.0772. The molecule has 2 N–H and O–H groups in total. The zero-order valence-electron chi connectivity index (χ0n) is 13.7. The van der Waals surface area contributed by atoms with Gasteiger partial charge in [-0.2, -0.15) is 5.10 Å². The summed E-state index contributed by atoms with van der Waals surface area (Å²) < 4.78 is 5.44. The van der Waals surface area contributed by atoms with Gasteiger partial charge in [-0.3, -0.25) is 9.69 Å². The van der Waals surface area contributed by atoms with Crippen LogP contribution in [0, 0.1) is 0 Å². The molecular weight excluding hydrogens is 304 g/mol. The van der Waals surface area contributed by atoms with E-state index in [9.17, 15) is 4.79 Å². The Morgan fingerprint density at radius 2 is 2.04 bits per heavy atom. The first-order chi connectivity index (χ1) is 11.8. The smallest absolute Gasteiger partial charge is 0.269 e. The molecule has 0 amide bonds. The topological polar surface area (TPSA) is 70.2 Å². The van der Waals surface area contributed by atoms with Crippen molar-refractivity contribution in [3.8, 4) is 11.3 Å². The summed E-state index contributed by atoms with van der Waals surface area (Å²) in [6.45, 7) is 5.23. The normalized spacial score (nSPS) is 18.0. The molecule has 2 aromatic rings. The van der Waals surface area contributed by atoms with E-state index in [1.165, 1.54) is 5.56 Å². The number of aromatic nitrogens is 2. The maximum Gasteiger partial charge on any atom is 0.269 e. The Balaban J connectivity index is 1.73. The maximum absolute atomic E-state index is 12.1. The number of hydrogen-bond acceptors (Lipinski definition) is 5. The number of nitrogens with one attached hydrogen (secondary N) is 2. The summed E-state index contributed by atoms with van der Waals surface area (Å²) in [6.07, 6.45) is 1.79. The number of anilines is 1. The molecular formula is C18H22N4O2. The van der Waals surface area contributed by atoms with E-state index >= 15 is 0 Å². The van der Waals surface area contributed by atoms with Gasteiger partial charge in [0.25, 0.3) is 5.56 Å². The van der Waals surface area contributed by atoms with E-state index in [-0.39, 0.29) is 5.56 Å². The molecule has 1 aromatic heterocycles. The summed E-state index contributed by atoms with van der Waals surface area (Å²) in [6, 6.07) is 8.32. The summed E-state index contributed by atoms with van der Waals surface area (Å²) >= 11 is 0. The van der Waals surface area contributed by atoms with Gasteiger partial charge in [-0.1, -0.05) is 24.3 Å². The third kappa shape index (κ3) is 2.95. The third-order valence-electron chi connectivity index (χ3n) is 4.76. The van der Waals surface area contributed by atoms with Crippen molar-refractivity contribution in [2.75, 3.05) is 38.2 Å². The van der Waals surface area contributed by atoms with Crippen molar-refractivity contribution in [2.24, 2.45) is 0 Å². The van der Waals surface area contributed by atoms with Crippen LogP contribution in [0.5, 0.6) is 0 Å². The van der Waals surface area contributed by atoms with Crippen LogP contribution in [0.2, 0.25) is 0 Å². The minimum absolute atomic E-state index is 0.0772. The predicted octanol–water partition coefficient (Wildman–Crippen LogP) is 1.63. The predicted molar refractivity (Wildman–Crippen MR) is 93.2 cm³/mol. The lowest BCUT2D eigenvalue weighted by molar-refractivity contribution is 0.0342. The maximum atomic E-state index is 12.1. The lowest BCUT2D eigenvalue weighted by Gasteiger charge is -2.27. The Kier molecular flexibility index (Phi) is 4.32. The van der Waals surface area contributed by atoms with Crippen LogP contribution < -0.4 is 10.9 Å². The lowest BCUT2D eigenvalue weighted by atomic mass is 9.97. The van der Waals surface area contributed by atoms with Gasteiger partial charge in [0.15, 0.2) is 0 Å². The quantitative estimate of drug-likeness (QED) is 0.897. The van der Waals surface area contributed by atoms with E-state index in [4.69, 9.17) is 4.74 Å². The van der Waals surface area contributed by atoms with Crippen LogP contribution in [-0.2, 0) is 17.7 Å². The van der Waals surface area contributed by atoms with E-state index in [0.29, 0.717) is 0 Å². The van der Waals surface area contributed by atoms with Crippen LogP contribution in [0.3, 0.4) is 0 Å². The average molecular weight is 326 g/mol. The van der Waals surface area contributed by atoms with Gasteiger partial charge in [-0.25, -0.2) is 5.10 Å². The minimum Gasteiger partial charge on any atom is -0.383 e. The molecule has 6 heteroatoms. The molecule has 0 unspecified atom stereocenters. The zero-order valence-corrected chi connectivity index (χ0v) is 13.7. The molecule has 4 rings (SSSR count). The van der Waals surface area contributed by atoms with Crippen molar-refractivity contribution in [2.45, 2.75) is 19.4 Å². The monoisotopic (exact) mass is 326 g/mol. The average Bonchev–Trinajstić information content (AvgIpc) is 2.64. The second-order valence-electron chi connectivity index (χ2n) is 6.33. The van der Waals surface area contributed by atoms with Crippen LogP contribution in [0.15, 0.2) is 29.1 Å². The number of hydrogen-bond donors (Lipinski definition) is 2. The van der Waals surface area contributed by atoms with Crippen LogP contribution in [-0.4, -0.2) is 47.9 Å². The fourth-order valence-electron chi connectivity index (χ4n) is 3.48. The summed E-state index contributed by atoms with van der Waals surface area (Å²) in [5.41, 5.74) is 4.83. The van der Waals surface area contributed by atoms with E-state index < -0.39 is 0 Å². The van der Waals surface area contributed by atoms with Crippen molar-refractivity contribution in [1.29, 1.82) is 0 Å². The van der Waals surface area contributed by atoms with Gasteiger partial charge in [-0.15, -0.1) is 0 Å². The molecule has 0 radical (unpaired) electrons. The molecule has 2 aliphatic rings. The molecule has 126 valence electrons. The molecule has 0 aliphatic carbocycles. The Morgan fingerprint density at radius 1 is 1.21 bits per heavy atom. The summed E-state index contributed by atoms with van der Waals surface area (Å²) in [5.74, 6) is 0. The van der Waals surface area contributed by atoms with E-state index in [0.717, 1.165) is 74.7 Å². The van der Waals surface area contributed by atoms with Gasteiger partial charge >= 0.3 is 0 Å². The highest BCUT2D eigenvalue weighted by Gasteiger charge is 2.21. The Hall–Kier alpha value is -2.18. The number of ether oxygens (including phenoxy) is 1. The van der Waals surface area contributed by atoms with Crippen molar-refractivity contribution < 1.29 is 4.74 Å². The van der Waals surface area contributed by atoms with E-state index in [2.05, 4.69) is 38.6 Å². The van der Waals surface area contributed by atoms with Crippen molar-refractivity contribution in [1.82, 2.24) is 15.1 Å². The van der Waals surface area contributed by atoms with Crippen LogP contribution in [0.1, 0.15) is 17.5 Å². The number of morpholine rings is 1. The van der Waals surface area contributed by atoms with Crippen molar-refractivity contribution >= 4 is 5.69 Å². The largest absolute Gasteiger partial charge is 0.383 e. The highest BCUT2D eigenvalue weighted by molar-refractivity contribution is 5.78. The summed E-state index contributed by atoms with van der Waals surface area (Å²) in [7, 11) is 0. The summed E-state index contributed by atoms with van der Waals surface area (Å²) in [5, 5.41) is 10.4. The number of rotatable bonds is 3. The highest BCUT2D eigenvalue weighted by Crippen LogP contribution is 2.32. The number of aromatic amines is 1. The lowest BCUT2D eigenvalue weighted by Crippen LogP contribution is -2.35. The number of H-pyrrole nitrogens is 1. The van der Waals surface area contributed by atoms with Gasteiger partial charge in [0.2, 0.25) is 0 Å². The van der Waals surface area contributed by atoms with Gasteiger partial charge in [0, 0.05) is 37.3 Å². The first-order valence-corrected chi connectivity index (χ1v) is 8.57. The molecule has 0 spiro atoms. The fraction of sp³-hybridized carbons (Fsp3) is 0.444. The van der Waals surface area contributed by atoms with Crippen LogP contribution >= 0.6 is 0 Å². The molecule has 0 saturated carbocycles. The first-order valence-electron chi connectivity index (χ1n) is 8.57. The van der Waals surface area contributed by atoms with Gasteiger partial charge in [-0.05, 0) is 18.4 Å². The Morgan fingerprint density at radius 3 is 2.92 bits per heavy atom. The zero-order chi connectivity index (χ0) is 16.4. The van der Waals surface area contributed by atoms with E-state index in [1.54, 1.807) is 0 Å². The molecule has 1 fully saturated rings. The Bertz CT molecular complexity index is 781. The summed E-state index contributed by atoms with van der Waals surface area (Å²) in [4.78, 5) is 14.5. The van der Waals surface area contributed by atoms with Crippen LogP contribution in [0.4, 0.5) is 5.69 Å². The van der Waals surface area contributed by atoms with Crippen molar-refractivity contribution in [3.63, 3.8) is 0 Å². The SMILES string of the molecule is O=c1[nH]nc(-c2ccccc2CN2CCOCC2)c2c1CCCN2. The fourth-order valence-corrected chi connectivity index (χ4v) is 3.48. The Labute approximate surface area is 140 Å². The third-order valence-corrected chi connectivity index (χ3v) is 4.76.